The van der Waals surface area contributed by atoms with E-state index in [2.05, 4.69) is 32.1 Å². The Bertz CT molecular complexity index is 747. The quantitative estimate of drug-likeness (QED) is 0.694. The summed E-state index contributed by atoms with van der Waals surface area (Å²) >= 11 is 0. The highest BCUT2D eigenvalue weighted by atomic mass is 16.5. The molecule has 0 atom stereocenters. The van der Waals surface area contributed by atoms with E-state index in [4.69, 9.17) is 9.47 Å². The van der Waals surface area contributed by atoms with Crippen LogP contribution in [0.3, 0.4) is 0 Å². The van der Waals surface area contributed by atoms with E-state index in [1.807, 2.05) is 54.6 Å². The van der Waals surface area contributed by atoms with Gasteiger partial charge in [-0.2, -0.15) is 0 Å². The molecular weight excluding hydrogens is 284 g/mol. The first kappa shape index (κ1) is 15.2. The smallest absolute Gasteiger partial charge is 0.127 e. The molecule has 2 heteroatoms. The maximum absolute atomic E-state index is 5.89. The maximum Gasteiger partial charge on any atom is 0.127 e. The van der Waals surface area contributed by atoms with Crippen molar-refractivity contribution in [1.82, 2.24) is 0 Å². The van der Waals surface area contributed by atoms with Crippen LogP contribution >= 0.6 is 0 Å². The summed E-state index contributed by atoms with van der Waals surface area (Å²) in [6.45, 7) is 4.15. The van der Waals surface area contributed by atoms with E-state index in [9.17, 15) is 0 Å². The Morgan fingerprint density at radius 3 is 1.87 bits per heavy atom. The van der Waals surface area contributed by atoms with Crippen molar-refractivity contribution in [1.29, 1.82) is 0 Å². The third kappa shape index (κ3) is 4.36. The van der Waals surface area contributed by atoms with Crippen molar-refractivity contribution >= 4 is 0 Å². The summed E-state index contributed by atoms with van der Waals surface area (Å²) in [4.78, 5) is 0. The minimum atomic E-state index is 0.795. The Morgan fingerprint density at radius 1 is 0.652 bits per heavy atom. The Balaban J connectivity index is 1.64. The molecule has 0 N–H and O–H groups in total. The van der Waals surface area contributed by atoms with E-state index < -0.39 is 0 Å². The molecule has 0 radical (unpaired) electrons. The Labute approximate surface area is 137 Å². The van der Waals surface area contributed by atoms with E-state index in [0.29, 0.717) is 0 Å². The van der Waals surface area contributed by atoms with Crippen LogP contribution in [0.5, 0.6) is 17.2 Å². The number of hydrogen-bond donors (Lipinski definition) is 0. The predicted octanol–water partition coefficient (Wildman–Crippen LogP) is 5.96. The fourth-order valence-corrected chi connectivity index (χ4v) is 2.24. The second-order valence-corrected chi connectivity index (χ2v) is 5.61. The van der Waals surface area contributed by atoms with Gasteiger partial charge in [0.25, 0.3) is 0 Å². The number of rotatable bonds is 4. The molecule has 23 heavy (non-hydrogen) atoms. The Morgan fingerprint density at radius 2 is 1.22 bits per heavy atom. The summed E-state index contributed by atoms with van der Waals surface area (Å²) in [7, 11) is 0. The van der Waals surface area contributed by atoms with Gasteiger partial charge in [0.05, 0.1) is 0 Å². The molecule has 2 aromatic carbocycles. The number of hydrogen-bond acceptors (Lipinski definition) is 2. The van der Waals surface area contributed by atoms with Crippen LogP contribution in [-0.4, -0.2) is 0 Å². The minimum absolute atomic E-state index is 0.795. The zero-order valence-electron chi connectivity index (χ0n) is 13.5. The second-order valence-electron chi connectivity index (χ2n) is 5.61. The molecule has 1 aliphatic rings. The monoisotopic (exact) mass is 304 g/mol. The molecule has 0 spiro atoms. The molecule has 0 heterocycles. The van der Waals surface area contributed by atoms with Crippen LogP contribution in [0, 0.1) is 6.92 Å². The van der Waals surface area contributed by atoms with Gasteiger partial charge in [-0.1, -0.05) is 35.4 Å². The predicted molar refractivity (Wildman–Crippen MR) is 93.9 cm³/mol. The summed E-state index contributed by atoms with van der Waals surface area (Å²) < 4.78 is 11.7. The van der Waals surface area contributed by atoms with E-state index >= 15 is 0 Å². The van der Waals surface area contributed by atoms with Gasteiger partial charge >= 0.3 is 0 Å². The molecule has 0 amide bonds. The molecule has 2 nitrogen and oxygen atoms in total. The van der Waals surface area contributed by atoms with Gasteiger partial charge in [0.1, 0.15) is 23.0 Å². The molecular formula is C21H20O2. The van der Waals surface area contributed by atoms with Crippen molar-refractivity contribution < 1.29 is 9.47 Å². The van der Waals surface area contributed by atoms with Gasteiger partial charge < -0.3 is 9.47 Å². The first-order valence-corrected chi connectivity index (χ1v) is 7.76. The molecule has 0 aromatic heterocycles. The third-order valence-corrected chi connectivity index (χ3v) is 3.59. The average Bonchev–Trinajstić information content (AvgIpc) is 2.76. The molecule has 3 rings (SSSR count). The number of ether oxygens (including phenoxy) is 2. The van der Waals surface area contributed by atoms with Crippen LogP contribution in [0.2, 0.25) is 0 Å². The lowest BCUT2D eigenvalue weighted by Gasteiger charge is -2.09. The summed E-state index contributed by atoms with van der Waals surface area (Å²) in [6, 6.07) is 15.7. The standard InChI is InChI=1S/C21H20O2/c1-16-4-3-5-18(9-6-16)22-20-12-14-21(15-13-20)23-19-10-7-17(2)8-11-19/h4-15H,3H2,1-2H3. The number of benzene rings is 2. The highest BCUT2D eigenvalue weighted by molar-refractivity contribution is 5.38. The normalized spacial score (nSPS) is 13.8. The Hall–Kier alpha value is -2.74. The van der Waals surface area contributed by atoms with Gasteiger partial charge in [-0.15, -0.1) is 0 Å². The zero-order chi connectivity index (χ0) is 16.1. The second kappa shape index (κ2) is 7.01. The fourth-order valence-electron chi connectivity index (χ4n) is 2.24. The molecule has 0 fully saturated rings. The molecule has 0 saturated heterocycles. The van der Waals surface area contributed by atoms with Crippen molar-refractivity contribution in [2.75, 3.05) is 0 Å². The van der Waals surface area contributed by atoms with Gasteiger partial charge in [-0.25, -0.2) is 0 Å². The largest absolute Gasteiger partial charge is 0.458 e. The van der Waals surface area contributed by atoms with Crippen molar-refractivity contribution in [2.45, 2.75) is 20.3 Å². The van der Waals surface area contributed by atoms with Crippen LogP contribution in [-0.2, 0) is 0 Å². The lowest BCUT2D eigenvalue weighted by molar-refractivity contribution is 0.439. The van der Waals surface area contributed by atoms with Crippen LogP contribution in [0.15, 0.2) is 84.2 Å². The van der Waals surface area contributed by atoms with Crippen molar-refractivity contribution in [3.05, 3.63) is 89.7 Å². The molecule has 0 bridgehead atoms. The SMILES string of the molecule is CC1=CCC=C(Oc2ccc(Oc3ccc(C)cc3)cc2)C=C1. The van der Waals surface area contributed by atoms with Crippen LogP contribution in [0.1, 0.15) is 18.9 Å². The first-order chi connectivity index (χ1) is 11.2. The molecule has 0 saturated carbocycles. The van der Waals surface area contributed by atoms with Gasteiger partial charge in [0.15, 0.2) is 0 Å². The van der Waals surface area contributed by atoms with Crippen LogP contribution < -0.4 is 9.47 Å². The minimum Gasteiger partial charge on any atom is -0.458 e. The molecule has 0 unspecified atom stereocenters. The van der Waals surface area contributed by atoms with Crippen molar-refractivity contribution in [3.8, 4) is 17.2 Å². The molecule has 1 aliphatic carbocycles. The van der Waals surface area contributed by atoms with E-state index in [1.165, 1.54) is 11.1 Å². The van der Waals surface area contributed by atoms with Gasteiger partial charge in [-0.3, -0.25) is 0 Å². The fraction of sp³-hybridized carbons (Fsp3) is 0.143. The van der Waals surface area contributed by atoms with Gasteiger partial charge in [0, 0.05) is 0 Å². The average molecular weight is 304 g/mol. The number of allylic oxidation sites excluding steroid dienone is 5. The van der Waals surface area contributed by atoms with E-state index in [-0.39, 0.29) is 0 Å². The highest BCUT2D eigenvalue weighted by Crippen LogP contribution is 2.25. The molecule has 116 valence electrons. The highest BCUT2D eigenvalue weighted by Gasteiger charge is 2.02. The third-order valence-electron chi connectivity index (χ3n) is 3.59. The lowest BCUT2D eigenvalue weighted by atomic mass is 10.2. The number of aryl methyl sites for hydroxylation is 1. The topological polar surface area (TPSA) is 18.5 Å². The van der Waals surface area contributed by atoms with Gasteiger partial charge in [0.2, 0.25) is 0 Å². The zero-order valence-corrected chi connectivity index (χ0v) is 13.5. The maximum atomic E-state index is 5.89. The lowest BCUT2D eigenvalue weighted by Crippen LogP contribution is -1.92. The summed E-state index contributed by atoms with van der Waals surface area (Å²) in [6.07, 6.45) is 9.20. The van der Waals surface area contributed by atoms with Crippen LogP contribution in [0.4, 0.5) is 0 Å². The summed E-state index contributed by atoms with van der Waals surface area (Å²) in [5.74, 6) is 3.30. The van der Waals surface area contributed by atoms with E-state index in [0.717, 1.165) is 29.4 Å². The van der Waals surface area contributed by atoms with Crippen LogP contribution in [0.25, 0.3) is 0 Å². The summed E-state index contributed by atoms with van der Waals surface area (Å²) in [5, 5.41) is 0. The van der Waals surface area contributed by atoms with Crippen molar-refractivity contribution in [3.63, 3.8) is 0 Å². The van der Waals surface area contributed by atoms with E-state index in [1.54, 1.807) is 0 Å². The molecule has 2 aromatic rings. The first-order valence-electron chi connectivity index (χ1n) is 7.76. The summed E-state index contributed by atoms with van der Waals surface area (Å²) in [5.41, 5.74) is 2.47. The molecule has 0 aliphatic heterocycles. The Kier molecular flexibility index (Phi) is 4.62. The van der Waals surface area contributed by atoms with Gasteiger partial charge in [-0.05, 0) is 68.8 Å². The van der Waals surface area contributed by atoms with Crippen molar-refractivity contribution in [2.24, 2.45) is 0 Å².